The van der Waals surface area contributed by atoms with E-state index in [2.05, 4.69) is 30.8 Å². The third-order valence-corrected chi connectivity index (χ3v) is 4.76. The number of halogens is 4. The number of aromatic amines is 1. The van der Waals surface area contributed by atoms with Crippen LogP contribution in [0.25, 0.3) is 11.0 Å². The van der Waals surface area contributed by atoms with Crippen molar-refractivity contribution in [3.63, 3.8) is 0 Å². The van der Waals surface area contributed by atoms with E-state index >= 15 is 0 Å². The fraction of sp³-hybridized carbons (Fsp3) is 0.167. The molecule has 0 saturated carbocycles. The van der Waals surface area contributed by atoms with Gasteiger partial charge in [0.25, 0.3) is 5.91 Å². The Morgan fingerprint density at radius 1 is 1.23 bits per heavy atom. The van der Waals surface area contributed by atoms with Crippen molar-refractivity contribution in [3.8, 4) is 0 Å². The lowest BCUT2D eigenvalue weighted by Crippen LogP contribution is -2.14. The molecule has 0 fully saturated rings. The van der Waals surface area contributed by atoms with Crippen LogP contribution in [0.3, 0.4) is 0 Å². The number of H-pyrrole nitrogens is 1. The molecule has 0 aliphatic carbocycles. The summed E-state index contributed by atoms with van der Waals surface area (Å²) >= 11 is 6.45. The molecule has 1 aromatic carbocycles. The molecule has 0 bridgehead atoms. The van der Waals surface area contributed by atoms with Crippen molar-refractivity contribution < 1.29 is 18.0 Å². The lowest BCUT2D eigenvalue weighted by Gasteiger charge is -2.10. The number of hydrogen-bond acceptors (Lipinski definition) is 5. The molecule has 4 rings (SSSR count). The minimum Gasteiger partial charge on any atom is -0.322 e. The SMILES string of the molecule is Cc1nn(Cc2cn[nH]n2)c2ncc(C(=O)Nc3ccc(C(F)(F)F)cc3)c(Cl)c12. The maximum absolute atomic E-state index is 12.7. The number of nitrogens with zero attached hydrogens (tertiary/aromatic N) is 5. The summed E-state index contributed by atoms with van der Waals surface area (Å²) in [5.74, 6) is -0.599. The van der Waals surface area contributed by atoms with Crippen LogP contribution < -0.4 is 5.32 Å². The molecule has 0 atom stereocenters. The normalized spacial score (nSPS) is 11.8. The van der Waals surface area contributed by atoms with Crippen molar-refractivity contribution in [3.05, 3.63) is 64.2 Å². The molecule has 4 aromatic rings. The molecule has 1 amide bonds. The predicted molar refractivity (Wildman–Crippen MR) is 102 cm³/mol. The largest absolute Gasteiger partial charge is 0.416 e. The lowest BCUT2D eigenvalue weighted by atomic mass is 10.1. The molecule has 0 aliphatic rings. The van der Waals surface area contributed by atoms with E-state index < -0.39 is 17.6 Å². The van der Waals surface area contributed by atoms with Gasteiger partial charge in [-0.15, -0.1) is 0 Å². The Morgan fingerprint density at radius 3 is 2.60 bits per heavy atom. The van der Waals surface area contributed by atoms with Gasteiger partial charge >= 0.3 is 6.18 Å². The second kappa shape index (κ2) is 7.41. The highest BCUT2D eigenvalue weighted by molar-refractivity contribution is 6.39. The van der Waals surface area contributed by atoms with Crippen LogP contribution in [-0.4, -0.2) is 36.1 Å². The first-order valence-corrected chi connectivity index (χ1v) is 8.96. The minimum absolute atomic E-state index is 0.0770. The molecule has 0 unspecified atom stereocenters. The highest BCUT2D eigenvalue weighted by Gasteiger charge is 2.30. The molecule has 30 heavy (non-hydrogen) atoms. The smallest absolute Gasteiger partial charge is 0.322 e. The number of nitrogens with one attached hydrogen (secondary N) is 2. The topological polar surface area (TPSA) is 101 Å². The van der Waals surface area contributed by atoms with Crippen LogP contribution in [0, 0.1) is 6.92 Å². The first-order valence-electron chi connectivity index (χ1n) is 8.59. The molecule has 0 radical (unpaired) electrons. The average molecular weight is 436 g/mol. The third kappa shape index (κ3) is 3.71. The molecule has 3 aromatic heterocycles. The van der Waals surface area contributed by atoms with E-state index in [1.807, 2.05) is 0 Å². The Balaban J connectivity index is 1.62. The zero-order valence-corrected chi connectivity index (χ0v) is 16.1. The Labute approximate surface area is 172 Å². The highest BCUT2D eigenvalue weighted by Crippen LogP contribution is 2.31. The van der Waals surface area contributed by atoms with Crippen LogP contribution in [0.1, 0.15) is 27.3 Å². The second-order valence-corrected chi connectivity index (χ2v) is 6.80. The van der Waals surface area contributed by atoms with Gasteiger partial charge in [-0.3, -0.25) is 4.79 Å². The molecule has 3 heterocycles. The fourth-order valence-electron chi connectivity index (χ4n) is 2.94. The number of hydrogen-bond donors (Lipinski definition) is 2. The van der Waals surface area contributed by atoms with Crippen molar-refractivity contribution >= 4 is 34.2 Å². The van der Waals surface area contributed by atoms with Gasteiger partial charge in [0, 0.05) is 11.9 Å². The molecule has 154 valence electrons. The number of rotatable bonds is 4. The average Bonchev–Trinajstić information content (AvgIpc) is 3.30. The first kappa shape index (κ1) is 19.8. The number of anilines is 1. The van der Waals surface area contributed by atoms with Gasteiger partial charge in [0.05, 0.1) is 40.0 Å². The van der Waals surface area contributed by atoms with Crippen molar-refractivity contribution in [1.29, 1.82) is 0 Å². The summed E-state index contributed by atoms with van der Waals surface area (Å²) in [5.41, 5.74) is 1.13. The number of benzene rings is 1. The van der Waals surface area contributed by atoms with E-state index in [1.165, 1.54) is 18.3 Å². The summed E-state index contributed by atoms with van der Waals surface area (Å²) in [4.78, 5) is 16.9. The molecule has 2 N–H and O–H groups in total. The van der Waals surface area contributed by atoms with Gasteiger partial charge < -0.3 is 5.32 Å². The second-order valence-electron chi connectivity index (χ2n) is 6.42. The van der Waals surface area contributed by atoms with Gasteiger partial charge in [-0.25, -0.2) is 9.67 Å². The van der Waals surface area contributed by atoms with Crippen LogP contribution in [0.4, 0.5) is 18.9 Å². The number of fused-ring (bicyclic) bond motifs is 1. The molecule has 0 aliphatic heterocycles. The summed E-state index contributed by atoms with van der Waals surface area (Å²) in [7, 11) is 0. The zero-order chi connectivity index (χ0) is 21.5. The van der Waals surface area contributed by atoms with Crippen molar-refractivity contribution in [2.24, 2.45) is 0 Å². The molecule has 12 heteroatoms. The minimum atomic E-state index is -4.45. The highest BCUT2D eigenvalue weighted by atomic mass is 35.5. The number of alkyl halides is 3. The Morgan fingerprint density at radius 2 is 1.97 bits per heavy atom. The van der Waals surface area contributed by atoms with Crippen molar-refractivity contribution in [2.75, 3.05) is 5.32 Å². The Kier molecular flexibility index (Phi) is 4.90. The standard InChI is InChI=1S/C18H13ClF3N7O/c1-9-14-15(19)13(7-23-16(14)29(27-9)8-12-6-24-28-26-12)17(30)25-11-4-2-10(3-5-11)18(20,21)22/h2-7H,8H2,1H3,(H,25,30)(H,24,26,28). The van der Waals surface area contributed by atoms with Gasteiger partial charge in [0.2, 0.25) is 0 Å². The van der Waals surface area contributed by atoms with Crippen LogP contribution in [0.15, 0.2) is 36.7 Å². The van der Waals surface area contributed by atoms with E-state index in [9.17, 15) is 18.0 Å². The van der Waals surface area contributed by atoms with Gasteiger partial charge in [-0.05, 0) is 31.2 Å². The van der Waals surface area contributed by atoms with E-state index in [1.54, 1.807) is 17.8 Å². The number of aryl methyl sites for hydroxylation is 1. The van der Waals surface area contributed by atoms with E-state index in [4.69, 9.17) is 11.6 Å². The molecular formula is C18H13ClF3N7O. The van der Waals surface area contributed by atoms with Gasteiger partial charge in [-0.1, -0.05) is 11.6 Å². The number of pyridine rings is 1. The Bertz CT molecular complexity index is 1220. The first-order chi connectivity index (χ1) is 14.2. The number of carbonyl (C=O) groups is 1. The monoisotopic (exact) mass is 435 g/mol. The summed E-state index contributed by atoms with van der Waals surface area (Å²) in [6.45, 7) is 2.04. The van der Waals surface area contributed by atoms with E-state index in [0.717, 1.165) is 12.1 Å². The summed E-state index contributed by atoms with van der Waals surface area (Å²) in [5, 5.41) is 17.8. The lowest BCUT2D eigenvalue weighted by molar-refractivity contribution is -0.137. The number of aromatic nitrogens is 6. The van der Waals surface area contributed by atoms with E-state index in [0.29, 0.717) is 29.0 Å². The van der Waals surface area contributed by atoms with Crippen molar-refractivity contribution in [1.82, 2.24) is 30.2 Å². The van der Waals surface area contributed by atoms with Crippen LogP contribution >= 0.6 is 11.6 Å². The summed E-state index contributed by atoms with van der Waals surface area (Å²) in [6.07, 6.45) is -1.61. The van der Waals surface area contributed by atoms with Crippen LogP contribution in [-0.2, 0) is 12.7 Å². The number of amides is 1. The fourth-order valence-corrected chi connectivity index (χ4v) is 3.29. The molecule has 0 spiro atoms. The van der Waals surface area contributed by atoms with Crippen LogP contribution in [0.2, 0.25) is 5.02 Å². The maximum atomic E-state index is 12.7. The zero-order valence-electron chi connectivity index (χ0n) is 15.3. The number of carbonyl (C=O) groups excluding carboxylic acids is 1. The van der Waals surface area contributed by atoms with Gasteiger partial charge in [0.15, 0.2) is 5.65 Å². The van der Waals surface area contributed by atoms with Gasteiger partial charge in [-0.2, -0.15) is 33.7 Å². The predicted octanol–water partition coefficient (Wildman–Crippen LogP) is 3.83. The molecule has 0 saturated heterocycles. The summed E-state index contributed by atoms with van der Waals surface area (Å²) in [6, 6.07) is 4.11. The molecule has 8 nitrogen and oxygen atoms in total. The molecular weight excluding hydrogens is 423 g/mol. The van der Waals surface area contributed by atoms with Crippen LogP contribution in [0.5, 0.6) is 0 Å². The summed E-state index contributed by atoms with van der Waals surface area (Å²) < 4.78 is 39.6. The maximum Gasteiger partial charge on any atom is 0.416 e. The quantitative estimate of drug-likeness (QED) is 0.507. The third-order valence-electron chi connectivity index (χ3n) is 4.36. The van der Waals surface area contributed by atoms with Crippen molar-refractivity contribution in [2.45, 2.75) is 19.6 Å². The Hall–Kier alpha value is -3.47. The van der Waals surface area contributed by atoms with E-state index in [-0.39, 0.29) is 16.3 Å². The van der Waals surface area contributed by atoms with Gasteiger partial charge in [0.1, 0.15) is 5.69 Å².